The van der Waals surface area contributed by atoms with E-state index in [9.17, 15) is 0 Å². The summed E-state index contributed by atoms with van der Waals surface area (Å²) in [6, 6.07) is 8.53. The summed E-state index contributed by atoms with van der Waals surface area (Å²) in [5.41, 5.74) is 2.76. The van der Waals surface area contributed by atoms with E-state index in [0.29, 0.717) is 0 Å². The number of benzene rings is 1. The van der Waals surface area contributed by atoms with Crippen molar-refractivity contribution in [2.75, 3.05) is 4.81 Å². The second-order valence-corrected chi connectivity index (χ2v) is 6.43. The third-order valence-electron chi connectivity index (χ3n) is 4.93. The Morgan fingerprint density at radius 3 is 2.65 bits per heavy atom. The van der Waals surface area contributed by atoms with Gasteiger partial charge in [-0.25, -0.2) is 0 Å². The Labute approximate surface area is 140 Å². The maximum atomic E-state index is 6.61. The zero-order valence-electron chi connectivity index (χ0n) is 14.3. The molecule has 0 aromatic heterocycles. The average Bonchev–Trinajstić information content (AvgIpc) is 2.73. The standard InChI is InChI=1S/C20H23BNO/c1-6-10-18-15(7-2)13-14-20(23-18)19(3,4)16-11-8-9-12-17(16)22(20)21-5/h6-14H,2H2,1,3-5H3/b10-6-. The maximum Gasteiger partial charge on any atom is 0.248 e. The number of hydrogen-bond donors (Lipinski definition) is 0. The number of allylic oxidation sites excluding steroid dienone is 5. The van der Waals surface area contributed by atoms with Gasteiger partial charge in [0.15, 0.2) is 0 Å². The number of ether oxygens (including phenoxy) is 1. The fourth-order valence-electron chi connectivity index (χ4n) is 3.68. The van der Waals surface area contributed by atoms with Crippen molar-refractivity contribution in [1.29, 1.82) is 0 Å². The second-order valence-electron chi connectivity index (χ2n) is 6.43. The highest BCUT2D eigenvalue weighted by Gasteiger charge is 2.57. The monoisotopic (exact) mass is 304 g/mol. The highest BCUT2D eigenvalue weighted by Crippen LogP contribution is 2.54. The van der Waals surface area contributed by atoms with Gasteiger partial charge in [0.25, 0.3) is 0 Å². The van der Waals surface area contributed by atoms with Crippen LogP contribution in [-0.2, 0) is 10.2 Å². The SMILES string of the molecule is C=CC1=C(/C=C\C)OC2(C=C1)N([B]C)c1ccccc1C2(C)C. The molecule has 2 heterocycles. The third kappa shape index (κ3) is 2.03. The largest absolute Gasteiger partial charge is 0.464 e. The Balaban J connectivity index is 2.18. The van der Waals surface area contributed by atoms with Crippen molar-refractivity contribution in [2.45, 2.75) is 38.7 Å². The predicted molar refractivity (Wildman–Crippen MR) is 98.6 cm³/mol. The molecule has 1 aromatic rings. The molecular weight excluding hydrogens is 281 g/mol. The minimum absolute atomic E-state index is 0.188. The highest BCUT2D eigenvalue weighted by molar-refractivity contribution is 6.41. The van der Waals surface area contributed by atoms with E-state index in [1.165, 1.54) is 11.3 Å². The van der Waals surface area contributed by atoms with Crippen LogP contribution in [0.5, 0.6) is 0 Å². The lowest BCUT2D eigenvalue weighted by Crippen LogP contribution is -2.57. The molecule has 1 unspecified atom stereocenters. The van der Waals surface area contributed by atoms with Gasteiger partial charge in [-0.3, -0.25) is 0 Å². The van der Waals surface area contributed by atoms with Gasteiger partial charge in [0.1, 0.15) is 5.76 Å². The molecule has 0 N–H and O–H groups in total. The smallest absolute Gasteiger partial charge is 0.248 e. The predicted octanol–water partition coefficient (Wildman–Crippen LogP) is 4.75. The minimum atomic E-state index is -0.563. The number of nitrogens with zero attached hydrogens (tertiary/aromatic N) is 1. The summed E-state index contributed by atoms with van der Waals surface area (Å²) in [4.78, 5) is 2.24. The molecule has 0 saturated heterocycles. The van der Waals surface area contributed by atoms with Crippen LogP contribution < -0.4 is 4.81 Å². The number of anilines is 1. The molecule has 23 heavy (non-hydrogen) atoms. The van der Waals surface area contributed by atoms with Gasteiger partial charge in [0.2, 0.25) is 13.1 Å². The fourth-order valence-corrected chi connectivity index (χ4v) is 3.68. The van der Waals surface area contributed by atoms with E-state index in [-0.39, 0.29) is 5.41 Å². The highest BCUT2D eigenvalue weighted by atomic mass is 16.5. The van der Waals surface area contributed by atoms with Gasteiger partial charge < -0.3 is 9.55 Å². The molecular formula is C20H23BNO. The number of hydrogen-bond acceptors (Lipinski definition) is 2. The summed E-state index contributed by atoms with van der Waals surface area (Å²) < 4.78 is 6.61. The first-order valence-corrected chi connectivity index (χ1v) is 8.08. The van der Waals surface area contributed by atoms with Crippen LogP contribution in [-0.4, -0.2) is 13.1 Å². The molecule has 1 aromatic carbocycles. The first kappa shape index (κ1) is 15.7. The van der Waals surface area contributed by atoms with Crippen molar-refractivity contribution in [3.05, 3.63) is 78.1 Å². The van der Waals surface area contributed by atoms with Crippen LogP contribution in [0.25, 0.3) is 0 Å². The van der Waals surface area contributed by atoms with Crippen LogP contribution in [0.3, 0.4) is 0 Å². The van der Waals surface area contributed by atoms with Crippen molar-refractivity contribution in [1.82, 2.24) is 0 Å². The first-order chi connectivity index (χ1) is 11.0. The molecule has 0 saturated carbocycles. The Morgan fingerprint density at radius 1 is 1.26 bits per heavy atom. The van der Waals surface area contributed by atoms with Gasteiger partial charge in [0, 0.05) is 11.3 Å². The Kier molecular flexibility index (Phi) is 3.75. The van der Waals surface area contributed by atoms with Gasteiger partial charge in [-0.05, 0) is 50.6 Å². The van der Waals surface area contributed by atoms with Gasteiger partial charge in [-0.15, -0.1) is 0 Å². The summed E-state index contributed by atoms with van der Waals surface area (Å²) in [6.45, 7) is 12.4. The Morgan fingerprint density at radius 2 is 2.00 bits per heavy atom. The van der Waals surface area contributed by atoms with Crippen LogP contribution in [0.15, 0.2) is 72.6 Å². The minimum Gasteiger partial charge on any atom is -0.464 e. The molecule has 1 atom stereocenters. The molecule has 0 amide bonds. The topological polar surface area (TPSA) is 12.5 Å². The summed E-state index contributed by atoms with van der Waals surface area (Å²) in [7, 11) is 2.10. The van der Waals surface area contributed by atoms with Crippen LogP contribution in [0.1, 0.15) is 26.3 Å². The van der Waals surface area contributed by atoms with Crippen LogP contribution >= 0.6 is 0 Å². The molecule has 3 rings (SSSR count). The van der Waals surface area contributed by atoms with Gasteiger partial charge >= 0.3 is 0 Å². The zero-order valence-corrected chi connectivity index (χ0v) is 14.3. The lowest BCUT2D eigenvalue weighted by atomic mass is 9.75. The van der Waals surface area contributed by atoms with Gasteiger partial charge in [-0.1, -0.05) is 43.8 Å². The molecule has 2 nitrogen and oxygen atoms in total. The quantitative estimate of drug-likeness (QED) is 0.747. The van der Waals surface area contributed by atoms with Crippen molar-refractivity contribution >= 4 is 13.1 Å². The second kappa shape index (κ2) is 5.49. The summed E-state index contributed by atoms with van der Waals surface area (Å²) in [5, 5.41) is 0. The van der Waals surface area contributed by atoms with E-state index in [2.05, 4.69) is 75.9 Å². The first-order valence-electron chi connectivity index (χ1n) is 8.08. The van der Waals surface area contributed by atoms with E-state index in [4.69, 9.17) is 4.74 Å². The summed E-state index contributed by atoms with van der Waals surface area (Å²) in [6.07, 6.45) is 10.1. The number of para-hydroxylation sites is 1. The van der Waals surface area contributed by atoms with E-state index in [1.54, 1.807) is 0 Å². The lowest BCUT2D eigenvalue weighted by molar-refractivity contribution is 0.00784. The zero-order chi connectivity index (χ0) is 16.7. The van der Waals surface area contributed by atoms with Gasteiger partial charge in [0.05, 0.1) is 5.41 Å². The van der Waals surface area contributed by atoms with Crippen LogP contribution in [0.4, 0.5) is 5.69 Å². The van der Waals surface area contributed by atoms with E-state index >= 15 is 0 Å². The fraction of sp³-hybridized carbons (Fsp3) is 0.300. The molecule has 0 fully saturated rings. The normalized spacial score (nSPS) is 25.0. The van der Waals surface area contributed by atoms with Crippen molar-refractivity contribution in [3.8, 4) is 0 Å². The van der Waals surface area contributed by atoms with Crippen LogP contribution in [0, 0.1) is 0 Å². The van der Waals surface area contributed by atoms with Crippen molar-refractivity contribution in [2.24, 2.45) is 0 Å². The molecule has 3 heteroatoms. The average molecular weight is 304 g/mol. The Bertz CT molecular complexity index is 729. The molecule has 1 spiro atoms. The van der Waals surface area contributed by atoms with Crippen LogP contribution in [0.2, 0.25) is 6.82 Å². The Hall–Kier alpha value is -2.16. The molecule has 117 valence electrons. The van der Waals surface area contributed by atoms with E-state index in [0.717, 1.165) is 11.3 Å². The lowest BCUT2D eigenvalue weighted by Gasteiger charge is -2.47. The summed E-state index contributed by atoms with van der Waals surface area (Å²) >= 11 is 0. The van der Waals surface area contributed by atoms with E-state index < -0.39 is 5.72 Å². The molecule has 2 aliphatic heterocycles. The molecule has 0 aliphatic carbocycles. The molecule has 0 bridgehead atoms. The number of rotatable bonds is 3. The molecule has 2 aliphatic rings. The van der Waals surface area contributed by atoms with Gasteiger partial charge in [-0.2, -0.15) is 0 Å². The molecule has 1 radical (unpaired) electrons. The van der Waals surface area contributed by atoms with E-state index in [1.807, 2.05) is 25.2 Å². The number of fused-ring (bicyclic) bond motifs is 1. The maximum absolute atomic E-state index is 6.61. The van der Waals surface area contributed by atoms with Crippen molar-refractivity contribution in [3.63, 3.8) is 0 Å². The van der Waals surface area contributed by atoms with Crippen molar-refractivity contribution < 1.29 is 4.74 Å². The summed E-state index contributed by atoms with van der Waals surface area (Å²) in [5.74, 6) is 0.859. The third-order valence-corrected chi connectivity index (χ3v) is 4.93.